The second-order valence-electron chi connectivity index (χ2n) is 8.32. The molecule has 5 N–H and O–H groups in total. The Hall–Kier alpha value is -1.97. The van der Waals surface area contributed by atoms with Crippen molar-refractivity contribution in [1.29, 1.82) is 0 Å². The molecule has 1 aliphatic heterocycles. The van der Waals surface area contributed by atoms with Gasteiger partial charge in [0.1, 0.15) is 6.10 Å². The van der Waals surface area contributed by atoms with E-state index in [1.807, 2.05) is 0 Å². The number of hydrogen-bond acceptors (Lipinski definition) is 12. The molecule has 3 heterocycles. The first-order chi connectivity index (χ1) is 16.6. The SMILES string of the molecule is CCOC(=O)C(OC[C@H]1C[C@@H](n2nnc3c(N[C@@H]4CCOC4)nc(Cl)nc32)[C@H](O)[C@@H]1O)P(=O)(O)O. The van der Waals surface area contributed by atoms with E-state index in [1.165, 1.54) is 11.6 Å². The monoisotopic (exact) mass is 536 g/mol. The number of anilines is 1. The molecular formula is C18H26ClN6O9P. The Bertz CT molecular complexity index is 1110. The van der Waals surface area contributed by atoms with Crippen LogP contribution in [0, 0.1) is 5.92 Å². The summed E-state index contributed by atoms with van der Waals surface area (Å²) in [4.78, 5) is 39.2. The predicted octanol–water partition coefficient (Wildman–Crippen LogP) is -0.558. The summed E-state index contributed by atoms with van der Waals surface area (Å²) >= 11 is 6.11. The van der Waals surface area contributed by atoms with Gasteiger partial charge in [0.15, 0.2) is 17.0 Å². The first-order valence-corrected chi connectivity index (χ1v) is 13.0. The summed E-state index contributed by atoms with van der Waals surface area (Å²) < 4.78 is 28.2. The van der Waals surface area contributed by atoms with Gasteiger partial charge in [-0.05, 0) is 31.4 Å². The average molecular weight is 537 g/mol. The molecule has 15 nitrogen and oxygen atoms in total. The molecule has 0 radical (unpaired) electrons. The summed E-state index contributed by atoms with van der Waals surface area (Å²) in [5.41, 5.74) is 0.537. The lowest BCUT2D eigenvalue weighted by atomic mass is 10.1. The molecule has 0 bridgehead atoms. The number of ether oxygens (including phenoxy) is 3. The van der Waals surface area contributed by atoms with Crippen molar-refractivity contribution in [2.75, 3.05) is 31.7 Å². The van der Waals surface area contributed by atoms with Gasteiger partial charge in [0.25, 0.3) is 5.85 Å². The predicted molar refractivity (Wildman–Crippen MR) is 119 cm³/mol. The van der Waals surface area contributed by atoms with Crippen molar-refractivity contribution in [3.05, 3.63) is 5.28 Å². The Morgan fingerprint density at radius 3 is 2.77 bits per heavy atom. The lowest BCUT2D eigenvalue weighted by Gasteiger charge is -2.21. The van der Waals surface area contributed by atoms with Crippen molar-refractivity contribution in [2.45, 2.75) is 49.9 Å². The third kappa shape index (κ3) is 5.57. The third-order valence-corrected chi connectivity index (χ3v) is 7.05. The van der Waals surface area contributed by atoms with Crippen LogP contribution in [0.5, 0.6) is 0 Å². The molecule has 194 valence electrons. The zero-order valence-corrected chi connectivity index (χ0v) is 20.2. The maximum absolute atomic E-state index is 11.9. The minimum atomic E-state index is -4.99. The van der Waals surface area contributed by atoms with Crippen LogP contribution in [0.15, 0.2) is 0 Å². The summed E-state index contributed by atoms with van der Waals surface area (Å²) in [6.07, 6.45) is -1.82. The van der Waals surface area contributed by atoms with E-state index in [-0.39, 0.29) is 30.0 Å². The van der Waals surface area contributed by atoms with Gasteiger partial charge < -0.3 is 39.5 Å². The van der Waals surface area contributed by atoms with Crippen molar-refractivity contribution < 1.29 is 43.6 Å². The van der Waals surface area contributed by atoms with E-state index in [0.29, 0.717) is 24.5 Å². The van der Waals surface area contributed by atoms with E-state index in [4.69, 9.17) is 21.1 Å². The molecule has 2 aromatic heterocycles. The Morgan fingerprint density at radius 2 is 2.11 bits per heavy atom. The maximum Gasteiger partial charge on any atom is 0.365 e. The highest BCUT2D eigenvalue weighted by Crippen LogP contribution is 2.44. The summed E-state index contributed by atoms with van der Waals surface area (Å²) in [6.45, 7) is 2.06. The fraction of sp³-hybridized carbons (Fsp3) is 0.722. The van der Waals surface area contributed by atoms with Crippen molar-refractivity contribution in [3.8, 4) is 0 Å². The number of carbonyl (C=O) groups excluding carboxylic acids is 1. The van der Waals surface area contributed by atoms with Crippen LogP contribution in [0.3, 0.4) is 0 Å². The summed E-state index contributed by atoms with van der Waals surface area (Å²) in [7, 11) is -4.99. The first kappa shape index (κ1) is 26.1. The summed E-state index contributed by atoms with van der Waals surface area (Å²) in [5.74, 6) is -3.79. The third-order valence-electron chi connectivity index (χ3n) is 5.91. The van der Waals surface area contributed by atoms with Crippen LogP contribution in [-0.4, -0.2) is 101 Å². The fourth-order valence-electron chi connectivity index (χ4n) is 4.21. The van der Waals surface area contributed by atoms with Crippen molar-refractivity contribution in [1.82, 2.24) is 25.0 Å². The zero-order chi connectivity index (χ0) is 25.3. The molecule has 1 saturated heterocycles. The Morgan fingerprint density at radius 1 is 1.34 bits per heavy atom. The number of halogens is 1. The number of nitrogens with one attached hydrogen (secondary N) is 1. The van der Waals surface area contributed by atoms with Crippen LogP contribution in [0.2, 0.25) is 5.28 Å². The van der Waals surface area contributed by atoms with Crippen LogP contribution < -0.4 is 5.32 Å². The molecule has 17 heteroatoms. The summed E-state index contributed by atoms with van der Waals surface area (Å²) in [6, 6.07) is -0.801. The van der Waals surface area contributed by atoms with Gasteiger partial charge in [0.05, 0.1) is 38.0 Å². The van der Waals surface area contributed by atoms with E-state index >= 15 is 0 Å². The molecule has 2 fully saturated rings. The van der Waals surface area contributed by atoms with Gasteiger partial charge in [0.2, 0.25) is 5.28 Å². The normalized spacial score (nSPS) is 27.9. The number of aliphatic hydroxyl groups is 2. The van der Waals surface area contributed by atoms with Gasteiger partial charge in [-0.3, -0.25) is 4.57 Å². The van der Waals surface area contributed by atoms with Crippen LogP contribution in [0.1, 0.15) is 25.8 Å². The zero-order valence-electron chi connectivity index (χ0n) is 18.6. The largest absolute Gasteiger partial charge is 0.464 e. The second-order valence-corrected chi connectivity index (χ2v) is 10.3. The molecule has 0 spiro atoms. The maximum atomic E-state index is 11.9. The standard InChI is InChI=1S/C18H26ClN6O9P/c1-2-33-16(28)17(35(29,30)31)34-6-8-5-10(13(27)12(8)26)25-15-11(23-24-25)14(21-18(19)22-15)20-9-3-4-32-7-9/h8-10,12-13,17,26-27H,2-7H2,1H3,(H,20,21,22)(H2,29,30,31)/t8-,9-,10-,12-,13+,17?/m1/s1. The number of aromatic nitrogens is 5. The highest BCUT2D eigenvalue weighted by Gasteiger charge is 2.46. The molecule has 6 atom stereocenters. The average Bonchev–Trinajstić information content (AvgIpc) is 3.49. The molecule has 1 saturated carbocycles. The molecule has 1 unspecified atom stereocenters. The fourth-order valence-corrected chi connectivity index (χ4v) is 5.00. The van der Waals surface area contributed by atoms with E-state index in [1.54, 1.807) is 0 Å². The van der Waals surface area contributed by atoms with Gasteiger partial charge in [-0.1, -0.05) is 5.21 Å². The van der Waals surface area contributed by atoms with E-state index in [0.717, 1.165) is 6.42 Å². The molecule has 0 amide bonds. The lowest BCUT2D eigenvalue weighted by Crippen LogP contribution is -2.33. The highest BCUT2D eigenvalue weighted by molar-refractivity contribution is 7.53. The molecule has 2 aliphatic rings. The number of carbonyl (C=O) groups is 1. The van der Waals surface area contributed by atoms with Gasteiger partial charge in [-0.25, -0.2) is 9.48 Å². The topological polar surface area (TPSA) is 211 Å². The molecule has 0 aromatic carbocycles. The quantitative estimate of drug-likeness (QED) is 0.154. The Balaban J connectivity index is 1.53. The summed E-state index contributed by atoms with van der Waals surface area (Å²) in [5, 5.41) is 32.6. The van der Waals surface area contributed by atoms with Gasteiger partial charge in [0, 0.05) is 12.5 Å². The minimum absolute atomic E-state index is 0.0103. The minimum Gasteiger partial charge on any atom is -0.464 e. The Kier molecular flexibility index (Phi) is 7.88. The van der Waals surface area contributed by atoms with Crippen LogP contribution >= 0.6 is 19.2 Å². The van der Waals surface area contributed by atoms with Gasteiger partial charge >= 0.3 is 13.6 Å². The highest BCUT2D eigenvalue weighted by atomic mass is 35.5. The number of fused-ring (bicyclic) bond motifs is 1. The number of esters is 1. The molecular weight excluding hydrogens is 511 g/mol. The number of hydrogen-bond donors (Lipinski definition) is 5. The first-order valence-electron chi connectivity index (χ1n) is 10.9. The lowest BCUT2D eigenvalue weighted by molar-refractivity contribution is -0.153. The second kappa shape index (κ2) is 10.6. The van der Waals surface area contributed by atoms with Crippen LogP contribution in [0.25, 0.3) is 11.2 Å². The smallest absolute Gasteiger partial charge is 0.365 e. The number of aliphatic hydroxyl groups excluding tert-OH is 2. The van der Waals surface area contributed by atoms with Crippen molar-refractivity contribution in [3.63, 3.8) is 0 Å². The van der Waals surface area contributed by atoms with Crippen molar-refractivity contribution >= 4 is 42.1 Å². The molecule has 4 rings (SSSR count). The Labute approximate surface area is 203 Å². The van der Waals surface area contributed by atoms with Gasteiger partial charge in [-0.2, -0.15) is 9.97 Å². The van der Waals surface area contributed by atoms with Crippen LogP contribution in [0.4, 0.5) is 5.82 Å². The molecule has 35 heavy (non-hydrogen) atoms. The van der Waals surface area contributed by atoms with Crippen molar-refractivity contribution in [2.24, 2.45) is 5.92 Å². The van der Waals surface area contributed by atoms with E-state index < -0.39 is 50.2 Å². The van der Waals surface area contributed by atoms with Gasteiger partial charge in [-0.15, -0.1) is 5.10 Å². The van der Waals surface area contributed by atoms with Crippen LogP contribution in [-0.2, 0) is 23.6 Å². The van der Waals surface area contributed by atoms with E-state index in [9.17, 15) is 29.4 Å². The number of nitrogens with zero attached hydrogens (tertiary/aromatic N) is 5. The molecule has 2 aromatic rings. The van der Waals surface area contributed by atoms with E-state index in [2.05, 4.69) is 30.3 Å². The number of rotatable bonds is 9. The molecule has 1 aliphatic carbocycles.